The number of carbonyl (C=O) groups excluding carboxylic acids is 1. The average molecular weight is 444 g/mol. The first-order valence-electron chi connectivity index (χ1n) is 10.9. The Balaban J connectivity index is 1.26. The second-order valence-corrected chi connectivity index (χ2v) is 8.16. The highest BCUT2D eigenvalue weighted by molar-refractivity contribution is 5.93. The number of nitrogens with zero attached hydrogens (tertiary/aromatic N) is 6. The largest absolute Gasteiger partial charge is 0.481 e. The predicted octanol–water partition coefficient (Wildman–Crippen LogP) is 2.83. The summed E-state index contributed by atoms with van der Waals surface area (Å²) in [5.41, 5.74) is 3.26. The monoisotopic (exact) mass is 443 g/mol. The van der Waals surface area contributed by atoms with Crippen LogP contribution in [0.5, 0.6) is 5.88 Å². The number of aromatic nitrogens is 5. The highest BCUT2D eigenvalue weighted by Gasteiger charge is 2.23. The van der Waals surface area contributed by atoms with Crippen molar-refractivity contribution in [3.05, 3.63) is 60.7 Å². The molecule has 9 nitrogen and oxygen atoms in total. The van der Waals surface area contributed by atoms with E-state index in [0.717, 1.165) is 53.9 Å². The van der Waals surface area contributed by atoms with E-state index in [2.05, 4.69) is 31.3 Å². The summed E-state index contributed by atoms with van der Waals surface area (Å²) in [7, 11) is 3.41. The first-order chi connectivity index (χ1) is 16.1. The van der Waals surface area contributed by atoms with Crippen LogP contribution in [0.2, 0.25) is 0 Å². The van der Waals surface area contributed by atoms with Crippen molar-refractivity contribution in [2.45, 2.75) is 18.9 Å². The van der Waals surface area contributed by atoms with Gasteiger partial charge in [-0.1, -0.05) is 6.07 Å². The van der Waals surface area contributed by atoms with Crippen LogP contribution in [0, 0.1) is 0 Å². The Morgan fingerprint density at radius 1 is 1.09 bits per heavy atom. The Labute approximate surface area is 191 Å². The van der Waals surface area contributed by atoms with Crippen molar-refractivity contribution < 1.29 is 9.53 Å². The van der Waals surface area contributed by atoms with Gasteiger partial charge in [-0.3, -0.25) is 14.5 Å². The van der Waals surface area contributed by atoms with E-state index in [-0.39, 0.29) is 11.9 Å². The molecule has 0 saturated carbocycles. The molecule has 1 aromatic carbocycles. The van der Waals surface area contributed by atoms with Crippen LogP contribution in [0.1, 0.15) is 23.2 Å². The van der Waals surface area contributed by atoms with Gasteiger partial charge in [0, 0.05) is 49.4 Å². The summed E-state index contributed by atoms with van der Waals surface area (Å²) in [6.07, 6.45) is 8.59. The smallest absolute Gasteiger partial charge is 0.254 e. The molecule has 33 heavy (non-hydrogen) atoms. The van der Waals surface area contributed by atoms with Crippen LogP contribution in [0.4, 0.5) is 5.82 Å². The molecule has 1 aliphatic heterocycles. The Hall–Kier alpha value is -4.01. The number of fused-ring (bicyclic) bond motifs is 1. The lowest BCUT2D eigenvalue weighted by Gasteiger charge is -2.33. The summed E-state index contributed by atoms with van der Waals surface area (Å²) in [6.45, 7) is 1.61. The van der Waals surface area contributed by atoms with Crippen molar-refractivity contribution in [2.24, 2.45) is 7.05 Å². The molecule has 168 valence electrons. The van der Waals surface area contributed by atoms with Crippen molar-refractivity contribution in [3.8, 4) is 17.1 Å². The molecule has 1 aliphatic rings. The van der Waals surface area contributed by atoms with E-state index < -0.39 is 0 Å². The number of piperidine rings is 1. The van der Waals surface area contributed by atoms with Gasteiger partial charge in [0.15, 0.2) is 0 Å². The Kier molecular flexibility index (Phi) is 5.60. The number of benzene rings is 1. The number of pyridine rings is 1. The highest BCUT2D eigenvalue weighted by atomic mass is 16.5. The van der Waals surface area contributed by atoms with Gasteiger partial charge in [-0.05, 0) is 31.0 Å². The second kappa shape index (κ2) is 8.85. The third-order valence-corrected chi connectivity index (χ3v) is 5.91. The van der Waals surface area contributed by atoms with Gasteiger partial charge in [0.05, 0.1) is 42.5 Å². The summed E-state index contributed by atoms with van der Waals surface area (Å²) in [5, 5.41) is 8.20. The number of carbonyl (C=O) groups is 1. The number of hydrogen-bond donors (Lipinski definition) is 1. The fourth-order valence-corrected chi connectivity index (χ4v) is 4.09. The van der Waals surface area contributed by atoms with Crippen LogP contribution >= 0.6 is 0 Å². The zero-order valence-corrected chi connectivity index (χ0v) is 18.6. The van der Waals surface area contributed by atoms with Gasteiger partial charge in [0.2, 0.25) is 5.88 Å². The Morgan fingerprint density at radius 2 is 1.94 bits per heavy atom. The van der Waals surface area contributed by atoms with Gasteiger partial charge < -0.3 is 15.0 Å². The fraction of sp³-hybridized carbons (Fsp3) is 0.292. The Morgan fingerprint density at radius 3 is 2.70 bits per heavy atom. The molecule has 5 rings (SSSR count). The lowest BCUT2D eigenvalue weighted by Crippen LogP contribution is -2.45. The Bertz CT molecular complexity index is 1290. The summed E-state index contributed by atoms with van der Waals surface area (Å²) >= 11 is 0. The van der Waals surface area contributed by atoms with Crippen LogP contribution in [-0.2, 0) is 7.05 Å². The minimum absolute atomic E-state index is 0.0771. The molecule has 0 bridgehead atoms. The molecule has 0 spiro atoms. The molecule has 4 aromatic rings. The molecule has 0 unspecified atom stereocenters. The van der Waals surface area contributed by atoms with Crippen molar-refractivity contribution in [2.75, 3.05) is 25.1 Å². The van der Waals surface area contributed by atoms with Crippen LogP contribution in [-0.4, -0.2) is 56.9 Å². The van der Waals surface area contributed by atoms with E-state index >= 15 is 0 Å². The molecule has 1 saturated heterocycles. The molecule has 1 amide bonds. The minimum atomic E-state index is -0.0771. The highest BCUT2D eigenvalue weighted by Crippen LogP contribution is 2.26. The van der Waals surface area contributed by atoms with Crippen molar-refractivity contribution in [3.63, 3.8) is 0 Å². The number of ether oxygens (including phenoxy) is 1. The zero-order chi connectivity index (χ0) is 22.8. The zero-order valence-electron chi connectivity index (χ0n) is 18.6. The second-order valence-electron chi connectivity index (χ2n) is 8.16. The van der Waals surface area contributed by atoms with E-state index in [4.69, 9.17) is 9.72 Å². The molecule has 9 heteroatoms. The standard InChI is InChI=1S/C24H25N7O2/c1-30-15-18(12-26-30)24(32)27-19-7-9-31(10-8-19)22-14-25-13-21(28-22)17-3-5-20-16(11-17)4-6-23(29-20)33-2/h3-6,11-15,19H,7-10H2,1-2H3,(H,27,32). The summed E-state index contributed by atoms with van der Waals surface area (Å²) in [6, 6.07) is 10.0. The van der Waals surface area contributed by atoms with E-state index in [0.29, 0.717) is 11.4 Å². The SMILES string of the molecule is COc1ccc2cc(-c3cncc(N4CCC(NC(=O)c5cnn(C)c5)CC4)n3)ccc2n1. The van der Waals surface area contributed by atoms with E-state index in [1.165, 1.54) is 0 Å². The van der Waals surface area contributed by atoms with Crippen molar-refractivity contribution >= 4 is 22.6 Å². The average Bonchev–Trinajstić information content (AvgIpc) is 3.30. The topological polar surface area (TPSA) is 98.1 Å². The molecule has 0 atom stereocenters. The van der Waals surface area contributed by atoms with Gasteiger partial charge in [0.1, 0.15) is 5.82 Å². The molecule has 0 radical (unpaired) electrons. The van der Waals surface area contributed by atoms with Crippen LogP contribution < -0.4 is 15.0 Å². The molecule has 4 heterocycles. The molecule has 0 aliphatic carbocycles. The van der Waals surface area contributed by atoms with Gasteiger partial charge in [0.25, 0.3) is 5.91 Å². The maximum Gasteiger partial charge on any atom is 0.254 e. The number of rotatable bonds is 5. The quantitative estimate of drug-likeness (QED) is 0.506. The van der Waals surface area contributed by atoms with E-state index in [1.807, 2.05) is 24.3 Å². The number of amides is 1. The maximum atomic E-state index is 12.4. The summed E-state index contributed by atoms with van der Waals surface area (Å²) in [4.78, 5) is 28.4. The number of methoxy groups -OCH3 is 1. The van der Waals surface area contributed by atoms with Gasteiger partial charge in [-0.25, -0.2) is 9.97 Å². The number of aryl methyl sites for hydroxylation is 1. The van der Waals surface area contributed by atoms with Gasteiger partial charge in [-0.15, -0.1) is 0 Å². The lowest BCUT2D eigenvalue weighted by atomic mass is 10.0. The van der Waals surface area contributed by atoms with Crippen molar-refractivity contribution in [1.29, 1.82) is 0 Å². The summed E-state index contributed by atoms with van der Waals surface area (Å²) < 4.78 is 6.84. The molecule has 1 N–H and O–H groups in total. The minimum Gasteiger partial charge on any atom is -0.481 e. The third kappa shape index (κ3) is 4.48. The first kappa shape index (κ1) is 20.9. The number of anilines is 1. The van der Waals surface area contributed by atoms with E-state index in [9.17, 15) is 4.79 Å². The van der Waals surface area contributed by atoms with Crippen LogP contribution in [0.3, 0.4) is 0 Å². The number of hydrogen-bond acceptors (Lipinski definition) is 7. The fourth-order valence-electron chi connectivity index (χ4n) is 4.09. The van der Waals surface area contributed by atoms with Crippen molar-refractivity contribution in [1.82, 2.24) is 30.0 Å². The lowest BCUT2D eigenvalue weighted by molar-refractivity contribution is 0.0931. The van der Waals surface area contributed by atoms with Crippen LogP contribution in [0.25, 0.3) is 22.2 Å². The summed E-state index contributed by atoms with van der Waals surface area (Å²) in [5.74, 6) is 1.36. The van der Waals surface area contributed by atoms with Crippen LogP contribution in [0.15, 0.2) is 55.1 Å². The predicted molar refractivity (Wildman–Crippen MR) is 125 cm³/mol. The first-order valence-corrected chi connectivity index (χ1v) is 10.9. The molecule has 3 aromatic heterocycles. The normalized spacial score (nSPS) is 14.4. The molecular weight excluding hydrogens is 418 g/mol. The molecular formula is C24H25N7O2. The van der Waals surface area contributed by atoms with E-state index in [1.54, 1.807) is 43.6 Å². The van der Waals surface area contributed by atoms with Gasteiger partial charge in [-0.2, -0.15) is 5.10 Å². The molecule has 1 fully saturated rings. The van der Waals surface area contributed by atoms with Gasteiger partial charge >= 0.3 is 0 Å². The maximum absolute atomic E-state index is 12.4. The third-order valence-electron chi connectivity index (χ3n) is 5.91. The number of nitrogens with one attached hydrogen (secondary N) is 1.